The first-order valence-corrected chi connectivity index (χ1v) is 6.76. The molecule has 0 aromatic rings. The number of hydrogen-bond donors (Lipinski definition) is 1. The quantitative estimate of drug-likeness (QED) is 0.473. The lowest BCUT2D eigenvalue weighted by Crippen LogP contribution is -2.39. The molecule has 1 amide bonds. The fourth-order valence-electron chi connectivity index (χ4n) is 2.29. The molecule has 1 unspecified atom stereocenters. The summed E-state index contributed by atoms with van der Waals surface area (Å²) >= 11 is 0. The molecular weight excluding hydrogens is 245 g/mol. The number of amides is 1. The Hall–Kier alpha value is -1.01. The van der Waals surface area contributed by atoms with Crippen molar-refractivity contribution in [1.29, 1.82) is 0 Å². The molecule has 0 aromatic heterocycles. The van der Waals surface area contributed by atoms with Gasteiger partial charge in [-0.1, -0.05) is 11.6 Å². The molecule has 2 aliphatic rings. The Morgan fingerprint density at radius 2 is 2.32 bits per heavy atom. The van der Waals surface area contributed by atoms with Gasteiger partial charge in [0.1, 0.15) is 5.60 Å². The van der Waals surface area contributed by atoms with Crippen LogP contribution in [-0.2, 0) is 14.4 Å². The molecule has 1 aliphatic heterocycles. The highest BCUT2D eigenvalue weighted by Crippen LogP contribution is 2.30. The van der Waals surface area contributed by atoms with Crippen LogP contribution in [0.5, 0.6) is 0 Å². The van der Waals surface area contributed by atoms with E-state index in [-0.39, 0.29) is 18.0 Å². The number of rotatable bonds is 2. The van der Waals surface area contributed by atoms with Crippen LogP contribution in [0.3, 0.4) is 0 Å². The SMILES string of the molecule is CC(C)(C)OC(=O)N[C@H]1C=C(C2[B]OOC2)CCC1. The van der Waals surface area contributed by atoms with E-state index < -0.39 is 5.60 Å². The number of alkyl carbamates (subject to hydrolysis) is 1. The zero-order valence-corrected chi connectivity index (χ0v) is 11.8. The minimum Gasteiger partial charge on any atom is -0.444 e. The maximum absolute atomic E-state index is 11.7. The lowest BCUT2D eigenvalue weighted by Gasteiger charge is -2.26. The molecule has 0 bridgehead atoms. The second-order valence-corrected chi connectivity index (χ2v) is 6.01. The average molecular weight is 266 g/mol. The van der Waals surface area contributed by atoms with Gasteiger partial charge in [-0.05, 0) is 40.0 Å². The van der Waals surface area contributed by atoms with E-state index >= 15 is 0 Å². The van der Waals surface area contributed by atoms with Gasteiger partial charge in [0, 0.05) is 5.82 Å². The van der Waals surface area contributed by atoms with Crippen molar-refractivity contribution in [3.63, 3.8) is 0 Å². The van der Waals surface area contributed by atoms with Crippen LogP contribution >= 0.6 is 0 Å². The van der Waals surface area contributed by atoms with Crippen molar-refractivity contribution >= 4 is 13.6 Å². The van der Waals surface area contributed by atoms with Crippen molar-refractivity contribution < 1.29 is 19.2 Å². The fraction of sp³-hybridized carbons (Fsp3) is 0.769. The van der Waals surface area contributed by atoms with Gasteiger partial charge < -0.3 is 14.9 Å². The topological polar surface area (TPSA) is 56.8 Å². The van der Waals surface area contributed by atoms with E-state index in [0.29, 0.717) is 6.61 Å². The van der Waals surface area contributed by atoms with Gasteiger partial charge in [0.05, 0.1) is 12.6 Å². The van der Waals surface area contributed by atoms with Crippen LogP contribution in [0.15, 0.2) is 11.6 Å². The number of ether oxygens (including phenoxy) is 1. The maximum Gasteiger partial charge on any atom is 0.408 e. The summed E-state index contributed by atoms with van der Waals surface area (Å²) in [6.45, 7) is 6.13. The van der Waals surface area contributed by atoms with Crippen molar-refractivity contribution in [1.82, 2.24) is 5.32 Å². The van der Waals surface area contributed by atoms with Crippen LogP contribution in [0, 0.1) is 0 Å². The summed E-state index contributed by atoms with van der Waals surface area (Å²) in [7, 11) is 1.71. The minimum absolute atomic E-state index is 0.0348. The summed E-state index contributed by atoms with van der Waals surface area (Å²) in [5, 5.41) is 2.90. The summed E-state index contributed by atoms with van der Waals surface area (Å²) in [5.41, 5.74) is 0.802. The molecule has 0 spiro atoms. The highest BCUT2D eigenvalue weighted by Gasteiger charge is 2.28. The van der Waals surface area contributed by atoms with E-state index in [0.717, 1.165) is 19.3 Å². The van der Waals surface area contributed by atoms with Crippen LogP contribution in [-0.4, -0.2) is 31.8 Å². The third kappa shape index (κ3) is 4.55. The first kappa shape index (κ1) is 14.4. The predicted molar refractivity (Wildman–Crippen MR) is 71.6 cm³/mol. The molecule has 1 saturated heterocycles. The van der Waals surface area contributed by atoms with E-state index in [2.05, 4.69) is 11.4 Å². The molecule has 2 atom stereocenters. The molecule has 1 heterocycles. The Morgan fingerprint density at radius 1 is 1.53 bits per heavy atom. The average Bonchev–Trinajstić information content (AvgIpc) is 2.79. The molecule has 1 radical (unpaired) electrons. The monoisotopic (exact) mass is 266 g/mol. The lowest BCUT2D eigenvalue weighted by atomic mass is 9.72. The summed E-state index contributed by atoms with van der Waals surface area (Å²) in [6, 6.07) is 0.0348. The van der Waals surface area contributed by atoms with Crippen LogP contribution in [0.25, 0.3) is 0 Å². The van der Waals surface area contributed by atoms with E-state index in [9.17, 15) is 4.79 Å². The molecule has 5 nitrogen and oxygen atoms in total. The van der Waals surface area contributed by atoms with Gasteiger partial charge in [-0.15, -0.1) is 0 Å². The van der Waals surface area contributed by atoms with Crippen molar-refractivity contribution in [2.45, 2.75) is 57.5 Å². The predicted octanol–water partition coefficient (Wildman–Crippen LogP) is 2.36. The molecule has 1 N–H and O–H groups in total. The molecule has 6 heteroatoms. The molecule has 2 rings (SSSR count). The van der Waals surface area contributed by atoms with Crippen LogP contribution in [0.4, 0.5) is 4.79 Å². The van der Waals surface area contributed by atoms with Gasteiger partial charge in [0.25, 0.3) is 0 Å². The normalized spacial score (nSPS) is 27.4. The second kappa shape index (κ2) is 5.97. The first-order valence-electron chi connectivity index (χ1n) is 6.76. The van der Waals surface area contributed by atoms with E-state index in [4.69, 9.17) is 14.4 Å². The molecule has 0 saturated carbocycles. The Labute approximate surface area is 114 Å². The Balaban J connectivity index is 1.89. The zero-order chi connectivity index (χ0) is 13.9. The van der Waals surface area contributed by atoms with Crippen molar-refractivity contribution in [3.8, 4) is 0 Å². The Kier molecular flexibility index (Phi) is 4.52. The number of carbonyl (C=O) groups is 1. The zero-order valence-electron chi connectivity index (χ0n) is 11.8. The van der Waals surface area contributed by atoms with Crippen LogP contribution in [0.1, 0.15) is 40.0 Å². The Bertz CT molecular complexity index is 358. The number of carbonyl (C=O) groups excluding carboxylic acids is 1. The van der Waals surface area contributed by atoms with Gasteiger partial charge in [-0.2, -0.15) is 0 Å². The van der Waals surface area contributed by atoms with Gasteiger partial charge >= 0.3 is 13.6 Å². The van der Waals surface area contributed by atoms with Crippen molar-refractivity contribution in [3.05, 3.63) is 11.6 Å². The first-order chi connectivity index (χ1) is 8.94. The molecule has 1 aliphatic carbocycles. The highest BCUT2D eigenvalue weighted by molar-refractivity contribution is 6.31. The number of nitrogens with one attached hydrogen (secondary N) is 1. The van der Waals surface area contributed by atoms with Crippen molar-refractivity contribution in [2.24, 2.45) is 0 Å². The van der Waals surface area contributed by atoms with Crippen LogP contribution < -0.4 is 5.32 Å². The van der Waals surface area contributed by atoms with Gasteiger partial charge in [-0.3, -0.25) is 4.89 Å². The third-order valence-corrected chi connectivity index (χ3v) is 3.11. The smallest absolute Gasteiger partial charge is 0.408 e. The van der Waals surface area contributed by atoms with Gasteiger partial charge in [0.2, 0.25) is 0 Å². The molecule has 105 valence electrons. The molecule has 19 heavy (non-hydrogen) atoms. The summed E-state index contributed by atoms with van der Waals surface area (Å²) in [5.74, 6) is 0.211. The summed E-state index contributed by atoms with van der Waals surface area (Å²) in [4.78, 5) is 21.4. The third-order valence-electron chi connectivity index (χ3n) is 3.11. The maximum atomic E-state index is 11.7. The number of hydrogen-bond acceptors (Lipinski definition) is 4. The molecular formula is C13H21BNO4. The standard InChI is InChI=1S/C13H21BNO4/c1-13(2,3)18-12(16)15-10-6-4-5-9(7-10)11-8-17-19-14-11/h7,10-11H,4-6,8H2,1-3H3,(H,15,16)/t10-,11?/m1/s1. The highest BCUT2D eigenvalue weighted by atomic mass is 17.2. The summed E-state index contributed by atoms with van der Waals surface area (Å²) in [6.07, 6.45) is 4.76. The summed E-state index contributed by atoms with van der Waals surface area (Å²) < 4.78 is 5.26. The van der Waals surface area contributed by atoms with E-state index in [1.807, 2.05) is 20.8 Å². The fourth-order valence-corrected chi connectivity index (χ4v) is 2.29. The van der Waals surface area contributed by atoms with E-state index in [1.165, 1.54) is 5.57 Å². The molecule has 1 fully saturated rings. The second-order valence-electron chi connectivity index (χ2n) is 6.01. The largest absolute Gasteiger partial charge is 0.444 e. The Morgan fingerprint density at radius 3 is 2.95 bits per heavy atom. The van der Waals surface area contributed by atoms with Crippen molar-refractivity contribution in [2.75, 3.05) is 6.61 Å². The van der Waals surface area contributed by atoms with Gasteiger partial charge in [0.15, 0.2) is 0 Å². The van der Waals surface area contributed by atoms with Gasteiger partial charge in [-0.25, -0.2) is 4.79 Å². The molecule has 0 aromatic carbocycles. The van der Waals surface area contributed by atoms with E-state index in [1.54, 1.807) is 7.48 Å². The minimum atomic E-state index is -0.466. The van der Waals surface area contributed by atoms with Crippen LogP contribution in [0.2, 0.25) is 5.82 Å². The lowest BCUT2D eigenvalue weighted by molar-refractivity contribution is -0.182.